The highest BCUT2D eigenvalue weighted by atomic mass is 16.5. The molecule has 2 aromatic carbocycles. The Labute approximate surface area is 168 Å². The summed E-state index contributed by atoms with van der Waals surface area (Å²) in [5, 5.41) is 2.71. The van der Waals surface area contributed by atoms with Gasteiger partial charge in [-0.3, -0.25) is 14.4 Å². The molecule has 29 heavy (non-hydrogen) atoms. The van der Waals surface area contributed by atoms with Crippen LogP contribution in [0.2, 0.25) is 0 Å². The van der Waals surface area contributed by atoms with Gasteiger partial charge in [-0.2, -0.15) is 0 Å². The van der Waals surface area contributed by atoms with Crippen molar-refractivity contribution >= 4 is 35.1 Å². The molecule has 1 aliphatic heterocycles. The average molecular weight is 395 g/mol. The molecule has 0 aliphatic carbocycles. The lowest BCUT2D eigenvalue weighted by atomic mass is 10.0. The first-order valence-electron chi connectivity index (χ1n) is 9.06. The minimum absolute atomic E-state index is 0.175. The van der Waals surface area contributed by atoms with E-state index in [2.05, 4.69) is 5.32 Å². The molecule has 8 nitrogen and oxygen atoms in total. The molecule has 0 bridgehead atoms. The molecule has 0 atom stereocenters. The van der Waals surface area contributed by atoms with E-state index in [1.54, 1.807) is 24.3 Å². The molecule has 1 N–H and O–H groups in total. The maximum atomic E-state index is 12.6. The van der Waals surface area contributed by atoms with Gasteiger partial charge in [0.05, 0.1) is 12.8 Å². The molecular weight excluding hydrogens is 374 g/mol. The Morgan fingerprint density at radius 2 is 1.66 bits per heavy atom. The molecule has 150 valence electrons. The van der Waals surface area contributed by atoms with E-state index < -0.39 is 30.3 Å². The molecule has 2 aromatic rings. The summed E-state index contributed by atoms with van der Waals surface area (Å²) in [7, 11) is 1.49. The van der Waals surface area contributed by atoms with E-state index in [-0.39, 0.29) is 11.6 Å². The number of imide groups is 2. The van der Waals surface area contributed by atoms with E-state index in [1.165, 1.54) is 19.2 Å². The van der Waals surface area contributed by atoms with Gasteiger partial charge >= 0.3 is 17.8 Å². The molecule has 0 aromatic heterocycles. The summed E-state index contributed by atoms with van der Waals surface area (Å²) in [6.45, 7) is 3.43. The number of anilines is 2. The number of rotatable bonds is 6. The van der Waals surface area contributed by atoms with E-state index >= 15 is 0 Å². The maximum absolute atomic E-state index is 12.6. The van der Waals surface area contributed by atoms with Crippen molar-refractivity contribution in [3.8, 4) is 5.75 Å². The summed E-state index contributed by atoms with van der Waals surface area (Å²) in [5.74, 6) is -1.90. The van der Waals surface area contributed by atoms with Crippen LogP contribution in [0.25, 0.3) is 0 Å². The van der Waals surface area contributed by atoms with Gasteiger partial charge in [0.15, 0.2) is 0 Å². The Morgan fingerprint density at radius 1 is 1.00 bits per heavy atom. The molecule has 8 heteroatoms. The number of nitrogens with one attached hydrogen (secondary N) is 1. The summed E-state index contributed by atoms with van der Waals surface area (Å²) in [6.07, 6.45) is 0. The van der Waals surface area contributed by atoms with Crippen LogP contribution in [0, 0.1) is 0 Å². The smallest absolute Gasteiger partial charge is 0.339 e. The van der Waals surface area contributed by atoms with Gasteiger partial charge in [0, 0.05) is 5.69 Å². The van der Waals surface area contributed by atoms with Gasteiger partial charge in [0.25, 0.3) is 0 Å². The van der Waals surface area contributed by atoms with Crippen molar-refractivity contribution in [3.05, 3.63) is 54.1 Å². The van der Waals surface area contributed by atoms with E-state index in [0.717, 1.165) is 10.5 Å². The first kappa shape index (κ1) is 20.1. The number of benzene rings is 2. The molecule has 0 saturated carbocycles. The molecule has 1 heterocycles. The minimum Gasteiger partial charge on any atom is -0.497 e. The van der Waals surface area contributed by atoms with Crippen LogP contribution >= 0.6 is 0 Å². The number of carbonyl (C=O) groups excluding carboxylic acids is 4. The van der Waals surface area contributed by atoms with Crippen LogP contribution in [-0.4, -0.2) is 42.3 Å². The fourth-order valence-electron chi connectivity index (χ4n) is 3.05. The number of nitrogens with zero attached hydrogens (tertiary/aromatic N) is 2. The third-order valence-corrected chi connectivity index (χ3v) is 4.54. The Bertz CT molecular complexity index is 969. The quantitative estimate of drug-likeness (QED) is 0.599. The minimum atomic E-state index is -1.04. The molecule has 0 unspecified atom stereocenters. The van der Waals surface area contributed by atoms with Crippen LogP contribution in [0.5, 0.6) is 5.75 Å². The van der Waals surface area contributed by atoms with Gasteiger partial charge in [-0.25, -0.2) is 14.6 Å². The molecule has 3 rings (SSSR count). The number of carbonyl (C=O) groups is 4. The van der Waals surface area contributed by atoms with Crippen molar-refractivity contribution in [3.63, 3.8) is 0 Å². The fourth-order valence-corrected chi connectivity index (χ4v) is 3.05. The van der Waals surface area contributed by atoms with Crippen LogP contribution < -0.4 is 15.0 Å². The Hall–Kier alpha value is -3.68. The van der Waals surface area contributed by atoms with E-state index in [9.17, 15) is 19.2 Å². The fraction of sp³-hybridized carbons (Fsp3) is 0.238. The summed E-state index contributed by atoms with van der Waals surface area (Å²) in [4.78, 5) is 51.1. The highest BCUT2D eigenvalue weighted by molar-refractivity contribution is 6.53. The summed E-state index contributed by atoms with van der Waals surface area (Å²) in [6, 6.07) is 12.5. The predicted octanol–water partition coefficient (Wildman–Crippen LogP) is 2.75. The molecule has 5 amide bonds. The second kappa shape index (κ2) is 8.14. The zero-order valence-electron chi connectivity index (χ0n) is 16.3. The lowest BCUT2D eigenvalue weighted by Crippen LogP contribution is -2.39. The highest BCUT2D eigenvalue weighted by Gasteiger charge is 2.46. The Balaban J connectivity index is 1.76. The number of hydrogen-bond donors (Lipinski definition) is 1. The van der Waals surface area contributed by atoms with Crippen LogP contribution in [-0.2, 0) is 14.4 Å². The number of para-hydroxylation sites is 1. The standard InChI is InChI=1S/C21H21N3O5/c1-13(2)16-6-4-5-7-17(16)22-18(25)12-23-19(26)20(27)24(21(23)28)14-8-10-15(29-3)11-9-14/h4-11,13H,12H2,1-3H3,(H,22,25). The van der Waals surface area contributed by atoms with Gasteiger partial charge in [0.1, 0.15) is 12.3 Å². The Morgan fingerprint density at radius 3 is 2.28 bits per heavy atom. The summed E-state index contributed by atoms with van der Waals surface area (Å²) >= 11 is 0. The number of amides is 5. The lowest BCUT2D eigenvalue weighted by Gasteiger charge is -2.17. The normalized spacial score (nSPS) is 14.0. The lowest BCUT2D eigenvalue weighted by molar-refractivity contribution is -0.140. The molecular formula is C21H21N3O5. The van der Waals surface area contributed by atoms with Crippen molar-refractivity contribution in [1.29, 1.82) is 0 Å². The Kier molecular flexibility index (Phi) is 5.63. The van der Waals surface area contributed by atoms with Crippen molar-refractivity contribution < 1.29 is 23.9 Å². The summed E-state index contributed by atoms with van der Waals surface area (Å²) < 4.78 is 5.04. The van der Waals surface area contributed by atoms with Gasteiger partial charge in [-0.05, 0) is 41.8 Å². The van der Waals surface area contributed by atoms with Gasteiger partial charge < -0.3 is 10.1 Å². The predicted molar refractivity (Wildman–Crippen MR) is 107 cm³/mol. The summed E-state index contributed by atoms with van der Waals surface area (Å²) in [5.41, 5.74) is 1.75. The number of hydrogen-bond acceptors (Lipinski definition) is 5. The van der Waals surface area contributed by atoms with Gasteiger partial charge in [-0.15, -0.1) is 0 Å². The van der Waals surface area contributed by atoms with E-state index in [0.29, 0.717) is 16.3 Å². The van der Waals surface area contributed by atoms with E-state index in [4.69, 9.17) is 4.74 Å². The highest BCUT2D eigenvalue weighted by Crippen LogP contribution is 2.26. The monoisotopic (exact) mass is 395 g/mol. The number of ether oxygens (including phenoxy) is 1. The number of urea groups is 1. The van der Waals surface area contributed by atoms with Crippen molar-refractivity contribution in [1.82, 2.24) is 4.90 Å². The average Bonchev–Trinajstić information content (AvgIpc) is 2.91. The largest absolute Gasteiger partial charge is 0.497 e. The third kappa shape index (κ3) is 3.96. The maximum Gasteiger partial charge on any atom is 0.339 e. The molecule has 1 fully saturated rings. The third-order valence-electron chi connectivity index (χ3n) is 4.54. The molecule has 1 aliphatic rings. The van der Waals surface area contributed by atoms with Gasteiger partial charge in [-0.1, -0.05) is 32.0 Å². The second-order valence-electron chi connectivity index (χ2n) is 6.80. The second-order valence-corrected chi connectivity index (χ2v) is 6.80. The van der Waals surface area contributed by atoms with E-state index in [1.807, 2.05) is 26.0 Å². The molecule has 1 saturated heterocycles. The SMILES string of the molecule is COc1ccc(N2C(=O)C(=O)N(CC(=O)Nc3ccccc3C(C)C)C2=O)cc1. The van der Waals surface area contributed by atoms with Crippen molar-refractivity contribution in [2.75, 3.05) is 23.9 Å². The molecule has 0 radical (unpaired) electrons. The first-order chi connectivity index (χ1) is 13.8. The first-order valence-corrected chi connectivity index (χ1v) is 9.06. The van der Waals surface area contributed by atoms with Gasteiger partial charge in [0.2, 0.25) is 5.91 Å². The van der Waals surface area contributed by atoms with Crippen molar-refractivity contribution in [2.24, 2.45) is 0 Å². The van der Waals surface area contributed by atoms with Crippen molar-refractivity contribution in [2.45, 2.75) is 19.8 Å². The van der Waals surface area contributed by atoms with Crippen LogP contribution in [0.4, 0.5) is 16.2 Å². The molecule has 0 spiro atoms. The van der Waals surface area contributed by atoms with Crippen LogP contribution in [0.1, 0.15) is 25.3 Å². The van der Waals surface area contributed by atoms with Crippen LogP contribution in [0.3, 0.4) is 0 Å². The van der Waals surface area contributed by atoms with Crippen LogP contribution in [0.15, 0.2) is 48.5 Å². The number of methoxy groups -OCH3 is 1. The zero-order chi connectivity index (χ0) is 21.1. The topological polar surface area (TPSA) is 96.0 Å². The zero-order valence-corrected chi connectivity index (χ0v) is 16.3.